The minimum atomic E-state index is -0.390. The lowest BCUT2D eigenvalue weighted by Gasteiger charge is -2.14. The molecule has 3 aromatic carbocycles. The number of hydrazone groups is 1. The number of nitrogens with zero attached hydrogens (tertiary/aromatic N) is 1. The predicted octanol–water partition coefficient (Wildman–Crippen LogP) is 7.83. The second kappa shape index (κ2) is 17.1. The van der Waals surface area contributed by atoms with Gasteiger partial charge in [-0.3, -0.25) is 4.79 Å². The second-order valence-corrected chi connectivity index (χ2v) is 9.63. The second-order valence-electron chi connectivity index (χ2n) is 9.22. The van der Waals surface area contributed by atoms with Crippen LogP contribution in [0.3, 0.4) is 0 Å². The summed E-state index contributed by atoms with van der Waals surface area (Å²) in [6.07, 6.45) is 8.58. The lowest BCUT2D eigenvalue weighted by atomic mass is 10.1. The Morgan fingerprint density at radius 1 is 0.875 bits per heavy atom. The summed E-state index contributed by atoms with van der Waals surface area (Å²) in [5.41, 5.74) is 4.63. The molecule has 0 saturated carbocycles. The average molecular weight is 567 g/mol. The summed E-state index contributed by atoms with van der Waals surface area (Å²) in [7, 11) is 1.53. The average Bonchev–Trinajstić information content (AvgIpc) is 2.97. The first-order chi connectivity index (χ1) is 19.5. The van der Waals surface area contributed by atoms with Crippen molar-refractivity contribution in [1.29, 1.82) is 0 Å². The summed E-state index contributed by atoms with van der Waals surface area (Å²) in [6, 6.07) is 18.3. The molecule has 7 nitrogen and oxygen atoms in total. The van der Waals surface area contributed by atoms with E-state index in [4.69, 9.17) is 30.5 Å². The van der Waals surface area contributed by atoms with Crippen molar-refractivity contribution in [2.45, 2.75) is 59.0 Å². The first-order valence-electron chi connectivity index (χ1n) is 13.8. The quantitative estimate of drug-likeness (QED) is 0.102. The molecular weight excluding hydrogens is 528 g/mol. The van der Waals surface area contributed by atoms with Gasteiger partial charge in [0.2, 0.25) is 0 Å². The number of carbonyl (C=O) groups excluding carboxylic acids is 1. The number of ether oxygens (including phenoxy) is 4. The van der Waals surface area contributed by atoms with Crippen LogP contribution in [0, 0.1) is 0 Å². The van der Waals surface area contributed by atoms with E-state index in [1.54, 1.807) is 30.3 Å². The van der Waals surface area contributed by atoms with E-state index in [2.05, 4.69) is 17.5 Å². The number of halogens is 1. The Labute approximate surface area is 242 Å². The SMILES string of the molecule is CCCCCCCCOc1c(Cl)cc(/C=N/NC(=O)c2ccc(OCc3ccccc3)c(OC)c2)cc1OCC. The number of nitrogens with one attached hydrogen (secondary N) is 1. The van der Waals surface area contributed by atoms with Gasteiger partial charge in [-0.2, -0.15) is 5.10 Å². The Morgan fingerprint density at radius 3 is 2.40 bits per heavy atom. The van der Waals surface area contributed by atoms with Crippen LogP contribution in [0.4, 0.5) is 0 Å². The Hall–Kier alpha value is -3.71. The maximum atomic E-state index is 12.7. The van der Waals surface area contributed by atoms with Gasteiger partial charge in [-0.25, -0.2) is 5.43 Å². The Balaban J connectivity index is 1.58. The molecule has 0 saturated heterocycles. The molecular formula is C32H39ClN2O5. The molecule has 0 aliphatic heterocycles. The van der Waals surface area contributed by atoms with Crippen molar-refractivity contribution >= 4 is 23.7 Å². The molecule has 0 bridgehead atoms. The molecule has 0 spiro atoms. The summed E-state index contributed by atoms with van der Waals surface area (Å²) in [5.74, 6) is 1.68. The van der Waals surface area contributed by atoms with Gasteiger partial charge in [-0.05, 0) is 54.8 Å². The molecule has 0 unspecified atom stereocenters. The Kier molecular flexibility index (Phi) is 13.2. The van der Waals surface area contributed by atoms with Gasteiger partial charge in [0.15, 0.2) is 23.0 Å². The molecule has 214 valence electrons. The zero-order valence-electron chi connectivity index (χ0n) is 23.6. The summed E-state index contributed by atoms with van der Waals surface area (Å²) in [5, 5.41) is 4.53. The van der Waals surface area contributed by atoms with Crippen LogP contribution in [-0.4, -0.2) is 32.4 Å². The molecule has 0 fully saturated rings. The normalized spacial score (nSPS) is 10.9. The monoisotopic (exact) mass is 566 g/mol. The third-order valence-electron chi connectivity index (χ3n) is 6.12. The van der Waals surface area contributed by atoms with Crippen LogP contribution in [0.25, 0.3) is 0 Å². The van der Waals surface area contributed by atoms with Gasteiger partial charge >= 0.3 is 0 Å². The molecule has 0 radical (unpaired) electrons. The van der Waals surface area contributed by atoms with Gasteiger partial charge in [0, 0.05) is 5.56 Å². The fourth-order valence-corrected chi connectivity index (χ4v) is 4.29. The Bertz CT molecular complexity index is 1230. The standard InChI is InChI=1S/C32H39ClN2O5/c1-4-6-7-8-9-13-18-39-31-27(33)19-25(20-30(31)38-5-2)22-34-35-32(36)26-16-17-28(29(21-26)37-3)40-23-24-14-11-10-12-15-24/h10-12,14-17,19-22H,4-9,13,18,23H2,1-3H3,(H,35,36)/b34-22+. The summed E-state index contributed by atoms with van der Waals surface area (Å²) < 4.78 is 23.0. The summed E-state index contributed by atoms with van der Waals surface area (Å²) >= 11 is 6.52. The summed E-state index contributed by atoms with van der Waals surface area (Å²) in [6.45, 7) is 5.55. The third-order valence-corrected chi connectivity index (χ3v) is 6.40. The molecule has 0 aromatic heterocycles. The molecule has 0 aliphatic rings. The van der Waals surface area contributed by atoms with Crippen molar-refractivity contribution in [2.75, 3.05) is 20.3 Å². The van der Waals surface area contributed by atoms with Crippen molar-refractivity contribution in [3.63, 3.8) is 0 Å². The third kappa shape index (κ3) is 9.79. The van der Waals surface area contributed by atoms with E-state index in [0.29, 0.717) is 59.0 Å². The lowest BCUT2D eigenvalue weighted by molar-refractivity contribution is 0.0954. The number of methoxy groups -OCH3 is 1. The first-order valence-corrected chi connectivity index (χ1v) is 14.2. The molecule has 3 aromatic rings. The number of unbranched alkanes of at least 4 members (excludes halogenated alkanes) is 5. The molecule has 8 heteroatoms. The topological polar surface area (TPSA) is 78.4 Å². The zero-order valence-corrected chi connectivity index (χ0v) is 24.3. The smallest absolute Gasteiger partial charge is 0.271 e. The van der Waals surface area contributed by atoms with Crippen LogP contribution >= 0.6 is 11.6 Å². The lowest BCUT2D eigenvalue weighted by Crippen LogP contribution is -2.17. The van der Waals surface area contributed by atoms with Gasteiger partial charge in [0.1, 0.15) is 6.61 Å². The van der Waals surface area contributed by atoms with Crippen LogP contribution in [0.15, 0.2) is 65.8 Å². The molecule has 1 N–H and O–H groups in total. The highest BCUT2D eigenvalue weighted by atomic mass is 35.5. The van der Waals surface area contributed by atoms with Crippen molar-refractivity contribution in [1.82, 2.24) is 5.43 Å². The van der Waals surface area contributed by atoms with Crippen molar-refractivity contribution in [3.05, 3.63) is 82.4 Å². The number of benzene rings is 3. The zero-order chi connectivity index (χ0) is 28.6. The van der Waals surface area contributed by atoms with E-state index in [9.17, 15) is 4.79 Å². The highest BCUT2D eigenvalue weighted by Gasteiger charge is 2.13. The van der Waals surface area contributed by atoms with E-state index in [-0.39, 0.29) is 5.91 Å². The van der Waals surface area contributed by atoms with Crippen molar-refractivity contribution < 1.29 is 23.7 Å². The van der Waals surface area contributed by atoms with Crippen LogP contribution in [0.5, 0.6) is 23.0 Å². The van der Waals surface area contributed by atoms with E-state index >= 15 is 0 Å². The molecule has 1 amide bonds. The number of hydrogen-bond donors (Lipinski definition) is 1. The van der Waals surface area contributed by atoms with Gasteiger partial charge in [-0.15, -0.1) is 0 Å². The minimum absolute atomic E-state index is 0.382. The number of amides is 1. The minimum Gasteiger partial charge on any atom is -0.493 e. The molecule has 40 heavy (non-hydrogen) atoms. The van der Waals surface area contributed by atoms with Crippen LogP contribution in [-0.2, 0) is 6.61 Å². The van der Waals surface area contributed by atoms with E-state index in [1.807, 2.05) is 37.3 Å². The van der Waals surface area contributed by atoms with Crippen LogP contribution in [0.2, 0.25) is 5.02 Å². The number of rotatable bonds is 17. The van der Waals surface area contributed by atoms with E-state index < -0.39 is 0 Å². The molecule has 0 atom stereocenters. The highest BCUT2D eigenvalue weighted by molar-refractivity contribution is 6.32. The first kappa shape index (κ1) is 30.8. The van der Waals surface area contributed by atoms with Gasteiger partial charge in [-0.1, -0.05) is 81.0 Å². The number of hydrogen-bond acceptors (Lipinski definition) is 6. The van der Waals surface area contributed by atoms with Crippen molar-refractivity contribution in [2.24, 2.45) is 5.10 Å². The van der Waals surface area contributed by atoms with Crippen molar-refractivity contribution in [3.8, 4) is 23.0 Å². The molecule has 3 rings (SSSR count). The molecule has 0 aliphatic carbocycles. The van der Waals surface area contributed by atoms with Crippen LogP contribution in [0.1, 0.15) is 73.9 Å². The van der Waals surface area contributed by atoms with Gasteiger partial charge < -0.3 is 18.9 Å². The number of carbonyl (C=O) groups is 1. The van der Waals surface area contributed by atoms with Gasteiger partial charge in [0.05, 0.1) is 31.6 Å². The van der Waals surface area contributed by atoms with Gasteiger partial charge in [0.25, 0.3) is 5.91 Å². The highest BCUT2D eigenvalue weighted by Crippen LogP contribution is 2.36. The van der Waals surface area contributed by atoms with Crippen LogP contribution < -0.4 is 24.4 Å². The predicted molar refractivity (Wildman–Crippen MR) is 160 cm³/mol. The van der Waals surface area contributed by atoms with E-state index in [1.165, 1.54) is 39.0 Å². The fraction of sp³-hybridized carbons (Fsp3) is 0.375. The Morgan fingerprint density at radius 2 is 1.65 bits per heavy atom. The molecule has 0 heterocycles. The maximum Gasteiger partial charge on any atom is 0.271 e. The largest absolute Gasteiger partial charge is 0.493 e. The summed E-state index contributed by atoms with van der Waals surface area (Å²) in [4.78, 5) is 12.7. The van der Waals surface area contributed by atoms with E-state index in [0.717, 1.165) is 18.4 Å². The maximum absolute atomic E-state index is 12.7. The fourth-order valence-electron chi connectivity index (χ4n) is 4.02.